The van der Waals surface area contributed by atoms with Crippen molar-refractivity contribution in [2.45, 2.75) is 52.0 Å². The van der Waals surface area contributed by atoms with Crippen LogP contribution >= 0.6 is 23.4 Å². The summed E-state index contributed by atoms with van der Waals surface area (Å²) >= 11 is 6.90. The van der Waals surface area contributed by atoms with Gasteiger partial charge in [0.25, 0.3) is 0 Å². The van der Waals surface area contributed by atoms with E-state index in [1.807, 2.05) is 27.7 Å². The molecule has 0 spiro atoms. The molecule has 0 atom stereocenters. The number of halogens is 4. The average molecular weight is 421 g/mol. The molecule has 1 saturated heterocycles. The van der Waals surface area contributed by atoms with Gasteiger partial charge in [-0.3, -0.25) is 4.79 Å². The minimum Gasteiger partial charge on any atom is -0.400 e. The summed E-state index contributed by atoms with van der Waals surface area (Å²) in [6.07, 6.45) is -2.97. The maximum absolute atomic E-state index is 13.1. The Kier molecular flexibility index (Phi) is 6.46. The van der Waals surface area contributed by atoms with E-state index in [4.69, 9.17) is 20.9 Å². The zero-order chi connectivity index (χ0) is 20.6. The van der Waals surface area contributed by atoms with Crippen LogP contribution in [0, 0.1) is 0 Å². The van der Waals surface area contributed by atoms with Crippen molar-refractivity contribution in [3.05, 3.63) is 39.8 Å². The standard InChI is InChI=1S/C18H21BClF3O3S/c1-11(24)27-10-14(19-25-16(2,3)17(4,5)26-19)7-12-6-13(18(21,22)23)9-15(20)8-12/h6-9H,10H2,1-5H3. The highest BCUT2D eigenvalue weighted by molar-refractivity contribution is 8.13. The van der Waals surface area contributed by atoms with Gasteiger partial charge in [-0.05, 0) is 56.9 Å². The fraction of sp³-hybridized carbons (Fsp3) is 0.500. The van der Waals surface area contributed by atoms with Crippen molar-refractivity contribution in [3.63, 3.8) is 0 Å². The molecule has 0 aliphatic carbocycles. The highest BCUT2D eigenvalue weighted by Crippen LogP contribution is 2.40. The Bertz CT molecular complexity index is 747. The van der Waals surface area contributed by atoms with Crippen LogP contribution < -0.4 is 0 Å². The Balaban J connectivity index is 2.43. The molecule has 0 saturated carbocycles. The van der Waals surface area contributed by atoms with Crippen molar-refractivity contribution in [1.82, 2.24) is 0 Å². The first-order chi connectivity index (χ1) is 12.2. The molecule has 1 aliphatic heterocycles. The summed E-state index contributed by atoms with van der Waals surface area (Å²) in [4.78, 5) is 11.4. The third-order valence-electron chi connectivity index (χ3n) is 4.60. The van der Waals surface area contributed by atoms with Crippen LogP contribution in [0.4, 0.5) is 13.2 Å². The summed E-state index contributed by atoms with van der Waals surface area (Å²) in [6, 6.07) is 3.31. The van der Waals surface area contributed by atoms with Crippen LogP contribution in [0.3, 0.4) is 0 Å². The Morgan fingerprint density at radius 1 is 1.19 bits per heavy atom. The minimum atomic E-state index is -4.51. The number of thioether (sulfide) groups is 1. The zero-order valence-corrected chi connectivity index (χ0v) is 17.3. The van der Waals surface area contributed by atoms with Crippen LogP contribution in [0.2, 0.25) is 5.02 Å². The number of alkyl halides is 3. The van der Waals surface area contributed by atoms with Gasteiger partial charge in [-0.15, -0.1) is 0 Å². The molecule has 2 rings (SSSR count). The van der Waals surface area contributed by atoms with Crippen molar-refractivity contribution in [2.24, 2.45) is 0 Å². The molecular weight excluding hydrogens is 400 g/mol. The summed E-state index contributed by atoms with van der Waals surface area (Å²) in [5, 5.41) is -0.136. The largest absolute Gasteiger partial charge is 0.491 e. The molecule has 27 heavy (non-hydrogen) atoms. The zero-order valence-electron chi connectivity index (χ0n) is 15.7. The van der Waals surface area contributed by atoms with Gasteiger partial charge in [-0.1, -0.05) is 29.4 Å². The summed E-state index contributed by atoms with van der Waals surface area (Å²) in [5.74, 6) is 0.236. The first kappa shape index (κ1) is 22.3. The van der Waals surface area contributed by atoms with Crippen molar-refractivity contribution in [2.75, 3.05) is 5.75 Å². The van der Waals surface area contributed by atoms with E-state index in [1.165, 1.54) is 13.0 Å². The van der Waals surface area contributed by atoms with Gasteiger partial charge in [0.15, 0.2) is 5.12 Å². The van der Waals surface area contributed by atoms with Crippen molar-refractivity contribution >= 4 is 41.7 Å². The second kappa shape index (κ2) is 7.81. The highest BCUT2D eigenvalue weighted by atomic mass is 35.5. The molecule has 1 aromatic rings. The molecule has 148 valence electrons. The Morgan fingerprint density at radius 2 is 1.74 bits per heavy atom. The number of carbonyl (C=O) groups excluding carboxylic acids is 1. The van der Waals surface area contributed by atoms with E-state index in [9.17, 15) is 18.0 Å². The molecular formula is C18H21BClF3O3S. The lowest BCUT2D eigenvalue weighted by Crippen LogP contribution is -2.41. The van der Waals surface area contributed by atoms with Gasteiger partial charge in [0.05, 0.1) is 16.8 Å². The molecule has 1 fully saturated rings. The lowest BCUT2D eigenvalue weighted by atomic mass is 9.78. The molecule has 0 N–H and O–H groups in total. The second-order valence-electron chi connectivity index (χ2n) is 7.36. The summed E-state index contributed by atoms with van der Waals surface area (Å²) in [6.45, 7) is 8.94. The molecule has 9 heteroatoms. The van der Waals surface area contributed by atoms with E-state index >= 15 is 0 Å². The van der Waals surface area contributed by atoms with Gasteiger partial charge in [-0.25, -0.2) is 0 Å². The quantitative estimate of drug-likeness (QED) is 0.589. The van der Waals surface area contributed by atoms with Gasteiger partial charge in [0.1, 0.15) is 0 Å². The maximum Gasteiger partial charge on any atom is 0.491 e. The van der Waals surface area contributed by atoms with Crippen LogP contribution in [0.5, 0.6) is 0 Å². The monoisotopic (exact) mass is 420 g/mol. The third kappa shape index (κ3) is 5.53. The van der Waals surface area contributed by atoms with Gasteiger partial charge < -0.3 is 9.31 Å². The van der Waals surface area contributed by atoms with Gasteiger partial charge in [0, 0.05) is 17.7 Å². The van der Waals surface area contributed by atoms with Gasteiger partial charge in [-0.2, -0.15) is 13.2 Å². The van der Waals surface area contributed by atoms with E-state index in [0.717, 1.165) is 23.9 Å². The molecule has 0 aromatic heterocycles. The molecule has 1 heterocycles. The fourth-order valence-electron chi connectivity index (χ4n) is 2.43. The van der Waals surface area contributed by atoms with E-state index < -0.39 is 30.1 Å². The second-order valence-corrected chi connectivity index (χ2v) is 8.95. The van der Waals surface area contributed by atoms with E-state index in [0.29, 0.717) is 5.47 Å². The van der Waals surface area contributed by atoms with Crippen molar-refractivity contribution in [1.29, 1.82) is 0 Å². The summed E-state index contributed by atoms with van der Waals surface area (Å²) < 4.78 is 51.2. The lowest BCUT2D eigenvalue weighted by Gasteiger charge is -2.32. The number of rotatable bonds is 4. The summed E-state index contributed by atoms with van der Waals surface area (Å²) in [7, 11) is -0.768. The van der Waals surface area contributed by atoms with E-state index in [2.05, 4.69) is 0 Å². The Labute approximate surface area is 166 Å². The molecule has 1 aliphatic rings. The maximum atomic E-state index is 13.1. The van der Waals surface area contributed by atoms with Gasteiger partial charge >= 0.3 is 13.3 Å². The van der Waals surface area contributed by atoms with E-state index in [-0.39, 0.29) is 21.5 Å². The Morgan fingerprint density at radius 3 is 2.22 bits per heavy atom. The van der Waals surface area contributed by atoms with Crippen LogP contribution in [0.15, 0.2) is 23.7 Å². The van der Waals surface area contributed by atoms with Crippen molar-refractivity contribution in [3.8, 4) is 0 Å². The predicted molar refractivity (Wildman–Crippen MR) is 104 cm³/mol. The minimum absolute atomic E-state index is 0.0245. The molecule has 1 aromatic carbocycles. The summed E-state index contributed by atoms with van der Waals surface area (Å²) in [5.41, 5.74) is -1.23. The Hall–Kier alpha value is -0.955. The third-order valence-corrected chi connectivity index (χ3v) is 5.70. The number of hydrogen-bond acceptors (Lipinski definition) is 4. The van der Waals surface area contributed by atoms with Crippen LogP contribution in [-0.2, 0) is 20.3 Å². The average Bonchev–Trinajstić information content (AvgIpc) is 2.70. The number of benzene rings is 1. The number of carbonyl (C=O) groups is 1. The molecule has 0 amide bonds. The normalized spacial score (nSPS) is 19.4. The first-order valence-electron chi connectivity index (χ1n) is 8.28. The lowest BCUT2D eigenvalue weighted by molar-refractivity contribution is -0.137. The molecule has 0 bridgehead atoms. The van der Waals surface area contributed by atoms with Crippen LogP contribution in [0.1, 0.15) is 45.7 Å². The topological polar surface area (TPSA) is 35.5 Å². The molecule has 3 nitrogen and oxygen atoms in total. The van der Waals surface area contributed by atoms with Gasteiger partial charge in [0.2, 0.25) is 0 Å². The highest BCUT2D eigenvalue weighted by Gasteiger charge is 2.52. The number of hydrogen-bond donors (Lipinski definition) is 0. The molecule has 0 radical (unpaired) electrons. The smallest absolute Gasteiger partial charge is 0.400 e. The predicted octanol–water partition coefficient (Wildman–Crippen LogP) is 5.65. The van der Waals surface area contributed by atoms with Crippen LogP contribution in [-0.4, -0.2) is 29.2 Å². The molecule has 0 unspecified atom stereocenters. The van der Waals surface area contributed by atoms with Crippen molar-refractivity contribution < 1.29 is 27.3 Å². The first-order valence-corrected chi connectivity index (χ1v) is 9.65. The van der Waals surface area contributed by atoms with E-state index in [1.54, 1.807) is 6.08 Å². The fourth-order valence-corrected chi connectivity index (χ4v) is 3.26. The SMILES string of the molecule is CC(=O)SCC(=Cc1cc(Cl)cc(C(F)(F)F)c1)B1OC(C)(C)C(C)(C)O1. The van der Waals surface area contributed by atoms with Crippen LogP contribution in [0.25, 0.3) is 6.08 Å².